The Balaban J connectivity index is 0.00000392. The number of hydrogen-bond donors (Lipinski definition) is 3. The molecule has 13 heteroatoms. The number of rotatable bonds is 6. The van der Waals surface area contributed by atoms with Crippen LogP contribution >= 0.6 is 11.6 Å². The van der Waals surface area contributed by atoms with Crippen molar-refractivity contribution in [3.05, 3.63) is 47.5 Å². The van der Waals surface area contributed by atoms with Crippen LogP contribution in [0, 0.1) is 0 Å². The zero-order valence-corrected chi connectivity index (χ0v) is 20.1. The van der Waals surface area contributed by atoms with Crippen molar-refractivity contribution in [3.8, 4) is 5.75 Å². The molecule has 0 radical (unpaired) electrons. The Hall–Kier alpha value is -1.29. The molecule has 1 unspecified atom stereocenters. The number of azo groups is 1. The molecular weight excluding hydrogens is 473 g/mol. The first-order chi connectivity index (χ1) is 12.6. The summed E-state index contributed by atoms with van der Waals surface area (Å²) in [5.41, 5.74) is -0.00269. The summed E-state index contributed by atoms with van der Waals surface area (Å²) in [7, 11) is -4.62. The molecule has 0 aromatic heterocycles. The number of aromatic hydroxyl groups is 1. The minimum atomic E-state index is -4.62. The van der Waals surface area contributed by atoms with Crippen LogP contribution in [0.4, 0.5) is 11.4 Å². The van der Waals surface area contributed by atoms with E-state index >= 15 is 0 Å². The predicted molar refractivity (Wildman–Crippen MR) is 97.0 cm³/mol. The Bertz CT molecular complexity index is 1020. The monoisotopic (exact) mass is 486 g/mol. The molecule has 0 spiro atoms. The molecule has 1 atom stereocenters. The smallest absolute Gasteiger partial charge is 0.504 e. The molecule has 29 heavy (non-hydrogen) atoms. The summed E-state index contributed by atoms with van der Waals surface area (Å²) in [6.07, 6.45) is 0. The number of benzene rings is 2. The van der Waals surface area contributed by atoms with Gasteiger partial charge in [0, 0.05) is 23.0 Å². The Kier molecular flexibility index (Phi) is 11.3. The molecular formula is C16H14ClCrN3NaO6S+. The number of ketones is 1. The van der Waals surface area contributed by atoms with E-state index in [1.165, 1.54) is 0 Å². The molecule has 2 aromatic rings. The van der Waals surface area contributed by atoms with E-state index in [1.54, 1.807) is 30.3 Å². The van der Waals surface area contributed by atoms with Gasteiger partial charge in [0.1, 0.15) is 5.69 Å². The van der Waals surface area contributed by atoms with Crippen molar-refractivity contribution < 1.29 is 74.6 Å². The molecule has 9 nitrogen and oxygen atoms in total. The molecule has 0 aliphatic heterocycles. The van der Waals surface area contributed by atoms with Crippen molar-refractivity contribution in [1.82, 2.24) is 0 Å². The van der Waals surface area contributed by atoms with Crippen molar-refractivity contribution in [3.63, 3.8) is 0 Å². The fourth-order valence-corrected chi connectivity index (χ4v) is 2.76. The quantitative estimate of drug-likeness (QED) is 0.226. The Labute approximate surface area is 204 Å². The number of nitrogens with zero attached hydrogens (tertiary/aromatic N) is 2. The molecule has 1 amide bonds. The van der Waals surface area contributed by atoms with E-state index in [9.17, 15) is 23.1 Å². The van der Waals surface area contributed by atoms with Crippen LogP contribution in [0.15, 0.2) is 57.6 Å². The van der Waals surface area contributed by atoms with Gasteiger partial charge in [-0.1, -0.05) is 29.8 Å². The number of halogens is 1. The number of hydrogen-bond acceptors (Lipinski definition) is 7. The van der Waals surface area contributed by atoms with Crippen LogP contribution < -0.4 is 34.9 Å². The molecule has 0 fully saturated rings. The number of anilines is 1. The molecule has 0 aliphatic carbocycles. The van der Waals surface area contributed by atoms with E-state index in [-0.39, 0.29) is 46.9 Å². The van der Waals surface area contributed by atoms with Gasteiger partial charge in [-0.15, -0.1) is 0 Å². The van der Waals surface area contributed by atoms with Gasteiger partial charge in [-0.2, -0.15) is 18.6 Å². The molecule has 2 aromatic carbocycles. The van der Waals surface area contributed by atoms with Gasteiger partial charge in [0.2, 0.25) is 6.04 Å². The van der Waals surface area contributed by atoms with E-state index < -0.39 is 49.2 Å². The summed E-state index contributed by atoms with van der Waals surface area (Å²) in [5.74, 6) is -2.03. The SMILES string of the molecule is CC(=O)C(N=Nc1cc(S(=O)(=O)O)cc(Cl)c1O)C(=O)Nc1ccccc1.[Cr].[Na+]. The summed E-state index contributed by atoms with van der Waals surface area (Å²) in [6, 6.07) is 8.38. The van der Waals surface area contributed by atoms with Gasteiger partial charge < -0.3 is 10.4 Å². The van der Waals surface area contributed by atoms with Crippen LogP contribution in [0.2, 0.25) is 5.02 Å². The average Bonchev–Trinajstić information content (AvgIpc) is 2.58. The van der Waals surface area contributed by atoms with E-state index in [4.69, 9.17) is 16.2 Å². The maximum Gasteiger partial charge on any atom is 1.00 e. The molecule has 148 valence electrons. The van der Waals surface area contributed by atoms with Gasteiger partial charge in [0.05, 0.1) is 9.92 Å². The Morgan fingerprint density at radius 1 is 1.17 bits per heavy atom. The number of Topliss-reactive ketones (excluding diaryl/α,β-unsaturated/α-hetero) is 1. The topological polar surface area (TPSA) is 145 Å². The Morgan fingerprint density at radius 3 is 2.28 bits per heavy atom. The second-order valence-electron chi connectivity index (χ2n) is 5.33. The number of carbonyl (C=O) groups excluding carboxylic acids is 2. The maximum atomic E-state index is 12.2. The first-order valence-corrected chi connectivity index (χ1v) is 9.18. The van der Waals surface area contributed by atoms with Crippen molar-refractivity contribution in [1.29, 1.82) is 0 Å². The second-order valence-corrected chi connectivity index (χ2v) is 7.16. The second kappa shape index (κ2) is 11.8. The van der Waals surface area contributed by atoms with E-state index in [1.807, 2.05) is 0 Å². The minimum absolute atomic E-state index is 0. The summed E-state index contributed by atoms with van der Waals surface area (Å²) < 4.78 is 31.6. The normalized spacial score (nSPS) is 11.8. The van der Waals surface area contributed by atoms with E-state index in [0.29, 0.717) is 5.69 Å². The first-order valence-electron chi connectivity index (χ1n) is 7.37. The van der Waals surface area contributed by atoms with Crippen molar-refractivity contribution >= 4 is 44.8 Å². The van der Waals surface area contributed by atoms with Gasteiger partial charge >= 0.3 is 29.6 Å². The Morgan fingerprint density at radius 2 is 1.76 bits per heavy atom. The number of para-hydroxylation sites is 1. The van der Waals surface area contributed by atoms with Crippen molar-refractivity contribution in [2.24, 2.45) is 10.2 Å². The van der Waals surface area contributed by atoms with Gasteiger partial charge in [-0.05, 0) is 31.2 Å². The first kappa shape index (κ1) is 27.7. The minimum Gasteiger partial charge on any atom is -0.504 e. The van der Waals surface area contributed by atoms with Gasteiger partial charge in [0.15, 0.2) is 11.5 Å². The zero-order chi connectivity index (χ0) is 20.2. The number of nitrogens with one attached hydrogen (secondary N) is 1. The fourth-order valence-electron chi connectivity index (χ4n) is 1.96. The number of phenols is 1. The summed E-state index contributed by atoms with van der Waals surface area (Å²) >= 11 is 5.70. The van der Waals surface area contributed by atoms with Crippen molar-refractivity contribution in [2.75, 3.05) is 5.32 Å². The third-order valence-electron chi connectivity index (χ3n) is 3.27. The zero-order valence-electron chi connectivity index (χ0n) is 15.2. The third-order valence-corrected chi connectivity index (χ3v) is 4.39. The van der Waals surface area contributed by atoms with Crippen molar-refractivity contribution in [2.45, 2.75) is 17.9 Å². The van der Waals surface area contributed by atoms with Gasteiger partial charge in [-0.25, -0.2) is 0 Å². The predicted octanol–water partition coefficient (Wildman–Crippen LogP) is -0.0262. The molecule has 0 aliphatic rings. The molecule has 3 N–H and O–H groups in total. The number of carbonyl (C=O) groups is 2. The van der Waals surface area contributed by atoms with Crippen LogP contribution in [0.5, 0.6) is 5.75 Å². The third kappa shape index (κ3) is 7.81. The van der Waals surface area contributed by atoms with E-state index in [2.05, 4.69) is 15.5 Å². The van der Waals surface area contributed by atoms with Crippen LogP contribution in [0.1, 0.15) is 6.92 Å². The molecule has 0 saturated heterocycles. The molecule has 0 bridgehead atoms. The summed E-state index contributed by atoms with van der Waals surface area (Å²) in [4.78, 5) is 23.3. The van der Waals surface area contributed by atoms with E-state index in [0.717, 1.165) is 19.1 Å². The van der Waals surface area contributed by atoms with Crippen LogP contribution in [0.25, 0.3) is 0 Å². The molecule has 2 rings (SSSR count). The largest absolute Gasteiger partial charge is 1.00 e. The van der Waals surface area contributed by atoms with Gasteiger partial charge in [-0.3, -0.25) is 14.1 Å². The fraction of sp³-hybridized carbons (Fsp3) is 0.125. The van der Waals surface area contributed by atoms with Crippen LogP contribution in [-0.2, 0) is 37.1 Å². The molecule has 0 heterocycles. The maximum absolute atomic E-state index is 12.2. The standard InChI is InChI=1S/C16H14ClN3O6S.Cr.Na/c1-9(21)14(16(23)18-10-5-3-2-4-6-10)20-19-13-8-11(27(24,25)26)7-12(17)15(13)22;;/h2-8,14,22H,1H3,(H,18,23)(H,24,25,26);;/q;;+1. The molecule has 0 saturated carbocycles. The summed E-state index contributed by atoms with van der Waals surface area (Å²) in [6.45, 7) is 1.12. The van der Waals surface area contributed by atoms with Crippen LogP contribution in [-0.4, -0.2) is 35.8 Å². The van der Waals surface area contributed by atoms with Gasteiger partial charge in [0.25, 0.3) is 16.0 Å². The average molecular weight is 487 g/mol. The summed E-state index contributed by atoms with van der Waals surface area (Å²) in [5, 5.41) is 19.1. The van der Waals surface area contributed by atoms with Crippen LogP contribution in [0.3, 0.4) is 0 Å². The number of phenolic OH excluding ortho intramolecular Hbond substituents is 1. The number of amides is 1.